The fraction of sp³-hybridized carbons (Fsp3) is 0.381. The number of carbonyl (C=O) groups is 1. The summed E-state index contributed by atoms with van der Waals surface area (Å²) in [5, 5.41) is 7.15. The molecule has 0 saturated carbocycles. The number of amides is 1. The number of nitrogens with one attached hydrogen (secondary N) is 1. The maximum Gasteiger partial charge on any atom is 0.256 e. The van der Waals surface area contributed by atoms with Crippen molar-refractivity contribution in [2.24, 2.45) is 0 Å². The summed E-state index contributed by atoms with van der Waals surface area (Å²) in [7, 11) is 0. The highest BCUT2D eigenvalue weighted by Gasteiger charge is 2.17. The van der Waals surface area contributed by atoms with E-state index in [9.17, 15) is 4.79 Å². The summed E-state index contributed by atoms with van der Waals surface area (Å²) < 4.78 is 1.61. The van der Waals surface area contributed by atoms with E-state index in [1.54, 1.807) is 29.2 Å². The van der Waals surface area contributed by atoms with Crippen LogP contribution in [-0.4, -0.2) is 27.0 Å². The Balaban J connectivity index is 1.69. The largest absolute Gasteiger partial charge is 0.352 e. The number of aromatic nitrogens is 3. The van der Waals surface area contributed by atoms with E-state index >= 15 is 0 Å². The minimum Gasteiger partial charge on any atom is -0.352 e. The highest BCUT2D eigenvalue weighted by Crippen LogP contribution is 2.27. The second kappa shape index (κ2) is 6.90. The molecule has 136 valence electrons. The number of aryl methyl sites for hydroxylation is 2. The van der Waals surface area contributed by atoms with Gasteiger partial charge < -0.3 is 5.32 Å². The van der Waals surface area contributed by atoms with E-state index in [1.807, 2.05) is 0 Å². The minimum absolute atomic E-state index is 0.138. The van der Waals surface area contributed by atoms with Crippen molar-refractivity contribution in [3.8, 4) is 0 Å². The van der Waals surface area contributed by atoms with Crippen molar-refractivity contribution in [1.82, 2.24) is 19.9 Å². The van der Waals surface area contributed by atoms with Crippen LogP contribution >= 0.6 is 0 Å². The lowest BCUT2D eigenvalue weighted by molar-refractivity contribution is 0.0955. The van der Waals surface area contributed by atoms with Gasteiger partial charge in [0.2, 0.25) is 0 Å². The SMILES string of the molecule is Cc1cc(C(C)(C)C)cc(C)c1CCNC(=O)c1cnn2cccnc12. The van der Waals surface area contributed by atoms with Gasteiger partial charge in [0, 0.05) is 18.9 Å². The molecular weight excluding hydrogens is 324 g/mol. The molecule has 5 heteroatoms. The Hall–Kier alpha value is -2.69. The molecule has 0 fully saturated rings. The Morgan fingerprint density at radius 2 is 1.88 bits per heavy atom. The predicted octanol–water partition coefficient (Wildman–Crippen LogP) is 3.62. The first-order valence-corrected chi connectivity index (χ1v) is 8.94. The molecule has 0 radical (unpaired) electrons. The normalized spacial score (nSPS) is 11.7. The van der Waals surface area contributed by atoms with Crippen molar-refractivity contribution in [2.45, 2.75) is 46.5 Å². The van der Waals surface area contributed by atoms with Crippen molar-refractivity contribution in [3.05, 3.63) is 64.6 Å². The van der Waals surface area contributed by atoms with Crippen molar-refractivity contribution >= 4 is 11.6 Å². The standard InChI is InChI=1S/C21H26N4O/c1-14-11-16(21(3,4)5)12-15(2)17(14)7-9-23-20(26)18-13-24-25-10-6-8-22-19(18)25/h6,8,10-13H,7,9H2,1-5H3,(H,23,26). The maximum absolute atomic E-state index is 12.5. The van der Waals surface area contributed by atoms with Crippen LogP contribution < -0.4 is 5.32 Å². The number of hydrogen-bond acceptors (Lipinski definition) is 3. The van der Waals surface area contributed by atoms with Gasteiger partial charge in [0.05, 0.1) is 6.20 Å². The molecule has 26 heavy (non-hydrogen) atoms. The summed E-state index contributed by atoms with van der Waals surface area (Å²) in [4.78, 5) is 16.7. The molecule has 0 saturated heterocycles. The van der Waals surface area contributed by atoms with Crippen LogP contribution in [0.1, 0.15) is 53.4 Å². The summed E-state index contributed by atoms with van der Waals surface area (Å²) >= 11 is 0. The Bertz CT molecular complexity index is 927. The number of benzene rings is 1. The molecule has 2 aromatic heterocycles. The third-order valence-electron chi connectivity index (χ3n) is 4.75. The van der Waals surface area contributed by atoms with Gasteiger partial charge >= 0.3 is 0 Å². The fourth-order valence-corrected chi connectivity index (χ4v) is 3.20. The number of rotatable bonds is 4. The topological polar surface area (TPSA) is 59.3 Å². The van der Waals surface area contributed by atoms with Crippen LogP contribution in [0.2, 0.25) is 0 Å². The third-order valence-corrected chi connectivity index (χ3v) is 4.75. The Morgan fingerprint density at radius 1 is 1.19 bits per heavy atom. The summed E-state index contributed by atoms with van der Waals surface area (Å²) in [6.07, 6.45) is 5.81. The molecule has 0 unspecified atom stereocenters. The quantitative estimate of drug-likeness (QED) is 0.782. The zero-order chi connectivity index (χ0) is 18.9. The lowest BCUT2D eigenvalue weighted by Gasteiger charge is -2.22. The number of fused-ring (bicyclic) bond motifs is 1. The van der Waals surface area contributed by atoms with Gasteiger partial charge in [-0.3, -0.25) is 4.79 Å². The van der Waals surface area contributed by atoms with Crippen molar-refractivity contribution in [2.75, 3.05) is 6.54 Å². The van der Waals surface area contributed by atoms with Crippen LogP contribution in [0.15, 0.2) is 36.8 Å². The average molecular weight is 350 g/mol. The highest BCUT2D eigenvalue weighted by atomic mass is 16.1. The summed E-state index contributed by atoms with van der Waals surface area (Å²) in [6, 6.07) is 6.31. The third kappa shape index (κ3) is 3.62. The molecule has 3 aromatic rings. The molecule has 0 aliphatic carbocycles. The second-order valence-electron chi connectivity index (χ2n) is 7.79. The van der Waals surface area contributed by atoms with Crippen LogP contribution in [0.25, 0.3) is 5.65 Å². The van der Waals surface area contributed by atoms with Gasteiger partial charge in [0.1, 0.15) is 5.56 Å². The van der Waals surface area contributed by atoms with Crippen LogP contribution in [0.5, 0.6) is 0 Å². The molecule has 1 aromatic carbocycles. The molecule has 0 bridgehead atoms. The molecule has 1 N–H and O–H groups in total. The van der Waals surface area contributed by atoms with Gasteiger partial charge in [-0.2, -0.15) is 5.10 Å². The Morgan fingerprint density at radius 3 is 2.54 bits per heavy atom. The molecule has 0 aliphatic heterocycles. The van der Waals surface area contributed by atoms with Gasteiger partial charge in [0.25, 0.3) is 5.91 Å². The van der Waals surface area contributed by atoms with E-state index in [2.05, 4.69) is 62.2 Å². The summed E-state index contributed by atoms with van der Waals surface area (Å²) in [5.41, 5.74) is 6.42. The van der Waals surface area contributed by atoms with Crippen molar-refractivity contribution in [1.29, 1.82) is 0 Å². The lowest BCUT2D eigenvalue weighted by atomic mass is 9.83. The Labute approximate surface area is 154 Å². The first-order valence-electron chi connectivity index (χ1n) is 8.94. The number of carbonyl (C=O) groups excluding carboxylic acids is 1. The first-order chi connectivity index (χ1) is 12.3. The second-order valence-corrected chi connectivity index (χ2v) is 7.79. The van der Waals surface area contributed by atoms with Crippen LogP contribution in [0, 0.1) is 13.8 Å². The molecule has 3 rings (SSSR count). The maximum atomic E-state index is 12.5. The van der Waals surface area contributed by atoms with E-state index in [0.29, 0.717) is 17.8 Å². The molecule has 0 atom stereocenters. The van der Waals surface area contributed by atoms with Gasteiger partial charge in [-0.25, -0.2) is 9.50 Å². The van der Waals surface area contributed by atoms with E-state index in [-0.39, 0.29) is 11.3 Å². The minimum atomic E-state index is -0.139. The predicted molar refractivity (Wildman–Crippen MR) is 104 cm³/mol. The van der Waals surface area contributed by atoms with E-state index < -0.39 is 0 Å². The average Bonchev–Trinajstić information content (AvgIpc) is 3.00. The molecule has 0 aliphatic rings. The van der Waals surface area contributed by atoms with E-state index in [0.717, 1.165) is 6.42 Å². The van der Waals surface area contributed by atoms with Crippen molar-refractivity contribution < 1.29 is 4.79 Å². The monoisotopic (exact) mass is 350 g/mol. The summed E-state index contributed by atoms with van der Waals surface area (Å²) in [5.74, 6) is -0.139. The van der Waals surface area contributed by atoms with E-state index in [4.69, 9.17) is 0 Å². The van der Waals surface area contributed by atoms with E-state index in [1.165, 1.54) is 22.3 Å². The molecule has 2 heterocycles. The summed E-state index contributed by atoms with van der Waals surface area (Å²) in [6.45, 7) is 11.6. The smallest absolute Gasteiger partial charge is 0.256 e. The molecular formula is C21H26N4O. The van der Waals surface area contributed by atoms with Gasteiger partial charge in [-0.1, -0.05) is 32.9 Å². The van der Waals surface area contributed by atoms with Crippen LogP contribution in [-0.2, 0) is 11.8 Å². The lowest BCUT2D eigenvalue weighted by Crippen LogP contribution is -2.26. The fourth-order valence-electron chi connectivity index (χ4n) is 3.20. The van der Waals surface area contributed by atoms with Crippen LogP contribution in [0.3, 0.4) is 0 Å². The highest BCUT2D eigenvalue weighted by molar-refractivity contribution is 5.99. The zero-order valence-electron chi connectivity index (χ0n) is 16.1. The molecule has 0 spiro atoms. The van der Waals surface area contributed by atoms with Crippen LogP contribution in [0.4, 0.5) is 0 Å². The zero-order valence-corrected chi connectivity index (χ0v) is 16.1. The molecule has 1 amide bonds. The van der Waals surface area contributed by atoms with Crippen molar-refractivity contribution in [3.63, 3.8) is 0 Å². The number of hydrogen-bond donors (Lipinski definition) is 1. The molecule has 5 nitrogen and oxygen atoms in total. The van der Waals surface area contributed by atoms with Gasteiger partial charge in [-0.05, 0) is 54.0 Å². The van der Waals surface area contributed by atoms with Gasteiger partial charge in [-0.15, -0.1) is 0 Å². The Kier molecular flexibility index (Phi) is 4.81. The first kappa shape index (κ1) is 18.1. The van der Waals surface area contributed by atoms with Gasteiger partial charge in [0.15, 0.2) is 5.65 Å². The number of nitrogens with zero attached hydrogens (tertiary/aromatic N) is 3.